The number of nitrogens with zero attached hydrogens (tertiary/aromatic N) is 2. The molecule has 0 unspecified atom stereocenters. The van der Waals surface area contributed by atoms with Crippen LogP contribution in [-0.2, 0) is 13.5 Å². The number of thioether (sulfide) groups is 2. The standard InChI is InChI=1S/C10H14N2OS2/c1-4-14-10-11-7-5-6(2)15-8(7)9(13)12(10)3/h6H,4-5H2,1-3H3/t6-/m0/s1. The van der Waals surface area contributed by atoms with E-state index < -0.39 is 0 Å². The van der Waals surface area contributed by atoms with Crippen molar-refractivity contribution in [2.45, 2.75) is 35.6 Å². The quantitative estimate of drug-likeness (QED) is 0.586. The first kappa shape index (κ1) is 11.1. The molecule has 1 aromatic rings. The predicted octanol–water partition coefficient (Wildman–Crippen LogP) is 1.93. The maximum atomic E-state index is 12.0. The van der Waals surface area contributed by atoms with E-state index in [0.717, 1.165) is 27.9 Å². The summed E-state index contributed by atoms with van der Waals surface area (Å²) in [6.07, 6.45) is 0.924. The van der Waals surface area contributed by atoms with Gasteiger partial charge in [0, 0.05) is 18.7 Å². The molecule has 15 heavy (non-hydrogen) atoms. The smallest absolute Gasteiger partial charge is 0.267 e. The van der Waals surface area contributed by atoms with Crippen molar-refractivity contribution in [1.29, 1.82) is 0 Å². The van der Waals surface area contributed by atoms with Gasteiger partial charge in [0.25, 0.3) is 5.56 Å². The summed E-state index contributed by atoms with van der Waals surface area (Å²) in [5, 5.41) is 1.33. The Labute approximate surface area is 97.7 Å². The monoisotopic (exact) mass is 242 g/mol. The molecule has 2 heterocycles. The maximum absolute atomic E-state index is 12.0. The van der Waals surface area contributed by atoms with Gasteiger partial charge in [-0.25, -0.2) is 4.98 Å². The number of hydrogen-bond acceptors (Lipinski definition) is 4. The molecule has 82 valence electrons. The minimum Gasteiger partial charge on any atom is -0.290 e. The van der Waals surface area contributed by atoms with Gasteiger partial charge in [-0.05, 0) is 5.75 Å². The average Bonchev–Trinajstić information content (AvgIpc) is 2.56. The van der Waals surface area contributed by atoms with E-state index in [1.807, 2.05) is 0 Å². The number of rotatable bonds is 2. The molecule has 0 fully saturated rings. The molecule has 0 N–H and O–H groups in total. The van der Waals surface area contributed by atoms with Crippen LogP contribution in [-0.4, -0.2) is 20.6 Å². The van der Waals surface area contributed by atoms with Crippen LogP contribution in [0.2, 0.25) is 0 Å². The fourth-order valence-corrected chi connectivity index (χ4v) is 3.49. The largest absolute Gasteiger partial charge is 0.290 e. The molecule has 0 amide bonds. The summed E-state index contributed by atoms with van der Waals surface area (Å²) < 4.78 is 1.66. The van der Waals surface area contributed by atoms with Crippen molar-refractivity contribution in [3.63, 3.8) is 0 Å². The molecule has 1 atom stereocenters. The lowest BCUT2D eigenvalue weighted by atomic mass is 10.2. The summed E-state index contributed by atoms with van der Waals surface area (Å²) >= 11 is 3.28. The van der Waals surface area contributed by atoms with Crippen LogP contribution in [0.4, 0.5) is 0 Å². The Morgan fingerprint density at radius 1 is 1.67 bits per heavy atom. The molecule has 1 aliphatic rings. The Morgan fingerprint density at radius 3 is 3.07 bits per heavy atom. The maximum Gasteiger partial charge on any atom is 0.267 e. The molecule has 0 bridgehead atoms. The molecule has 1 aromatic heterocycles. The molecular formula is C10H14N2OS2. The summed E-state index contributed by atoms with van der Waals surface area (Å²) in [6, 6.07) is 0. The first-order valence-electron chi connectivity index (χ1n) is 5.02. The molecule has 1 aliphatic heterocycles. The summed E-state index contributed by atoms with van der Waals surface area (Å²) in [4.78, 5) is 17.4. The first-order chi connectivity index (χ1) is 7.13. The third kappa shape index (κ3) is 1.95. The van der Waals surface area contributed by atoms with Crippen molar-refractivity contribution in [1.82, 2.24) is 9.55 Å². The van der Waals surface area contributed by atoms with E-state index in [2.05, 4.69) is 18.8 Å². The van der Waals surface area contributed by atoms with Gasteiger partial charge in [0.15, 0.2) is 5.16 Å². The lowest BCUT2D eigenvalue weighted by Crippen LogP contribution is -2.22. The zero-order chi connectivity index (χ0) is 11.0. The van der Waals surface area contributed by atoms with Gasteiger partial charge >= 0.3 is 0 Å². The molecule has 0 aliphatic carbocycles. The number of fused-ring (bicyclic) bond motifs is 1. The van der Waals surface area contributed by atoms with E-state index in [-0.39, 0.29) is 5.56 Å². The Hall–Kier alpha value is -0.420. The Morgan fingerprint density at radius 2 is 2.40 bits per heavy atom. The van der Waals surface area contributed by atoms with E-state index in [1.54, 1.807) is 35.1 Å². The van der Waals surface area contributed by atoms with Crippen molar-refractivity contribution in [3.05, 3.63) is 16.0 Å². The highest BCUT2D eigenvalue weighted by atomic mass is 32.2. The summed E-state index contributed by atoms with van der Waals surface area (Å²) in [6.45, 7) is 4.21. The van der Waals surface area contributed by atoms with Crippen LogP contribution in [0.5, 0.6) is 0 Å². The SMILES string of the molecule is CCSc1nc2c(c(=O)n1C)S[C@@H](C)C2. The summed E-state index contributed by atoms with van der Waals surface area (Å²) in [7, 11) is 1.80. The Bertz CT molecular complexity index is 441. The predicted molar refractivity (Wildman–Crippen MR) is 64.9 cm³/mol. The Balaban J connectivity index is 2.52. The van der Waals surface area contributed by atoms with Gasteiger partial charge in [0.2, 0.25) is 0 Å². The van der Waals surface area contributed by atoms with Crippen LogP contribution >= 0.6 is 23.5 Å². The van der Waals surface area contributed by atoms with E-state index in [4.69, 9.17) is 0 Å². The van der Waals surface area contributed by atoms with Gasteiger partial charge in [-0.15, -0.1) is 11.8 Å². The third-order valence-corrected chi connectivity index (χ3v) is 4.48. The second kappa shape index (κ2) is 4.22. The highest BCUT2D eigenvalue weighted by Gasteiger charge is 2.24. The molecule has 2 rings (SSSR count). The first-order valence-corrected chi connectivity index (χ1v) is 6.89. The van der Waals surface area contributed by atoms with E-state index >= 15 is 0 Å². The van der Waals surface area contributed by atoms with E-state index in [9.17, 15) is 4.79 Å². The Kier molecular flexibility index (Phi) is 3.11. The van der Waals surface area contributed by atoms with Gasteiger partial charge in [0.05, 0.1) is 10.6 Å². The molecule has 0 spiro atoms. The fraction of sp³-hybridized carbons (Fsp3) is 0.600. The highest BCUT2D eigenvalue weighted by molar-refractivity contribution is 8.00. The molecular weight excluding hydrogens is 228 g/mol. The van der Waals surface area contributed by atoms with Gasteiger partial charge in [0.1, 0.15) is 0 Å². The van der Waals surface area contributed by atoms with Crippen LogP contribution < -0.4 is 5.56 Å². The van der Waals surface area contributed by atoms with Crippen molar-refractivity contribution >= 4 is 23.5 Å². The van der Waals surface area contributed by atoms with E-state index in [1.165, 1.54) is 0 Å². The zero-order valence-corrected chi connectivity index (χ0v) is 10.7. The van der Waals surface area contributed by atoms with Crippen LogP contribution in [0.1, 0.15) is 19.5 Å². The minimum absolute atomic E-state index is 0.116. The third-order valence-electron chi connectivity index (χ3n) is 2.35. The molecule has 3 nitrogen and oxygen atoms in total. The average molecular weight is 242 g/mol. The zero-order valence-electron chi connectivity index (χ0n) is 9.11. The molecule has 5 heteroatoms. The van der Waals surface area contributed by atoms with Crippen LogP contribution in [0, 0.1) is 0 Å². The van der Waals surface area contributed by atoms with Gasteiger partial charge in [-0.2, -0.15) is 0 Å². The second-order valence-corrected chi connectivity index (χ2v) is 6.28. The second-order valence-electron chi connectivity index (χ2n) is 3.60. The molecule has 0 saturated carbocycles. The summed E-state index contributed by atoms with van der Waals surface area (Å²) in [5.74, 6) is 0.946. The van der Waals surface area contributed by atoms with E-state index in [0.29, 0.717) is 5.25 Å². The normalized spacial score (nSPS) is 19.3. The van der Waals surface area contributed by atoms with Gasteiger partial charge in [-0.3, -0.25) is 9.36 Å². The molecule has 0 radical (unpaired) electrons. The fourth-order valence-electron chi connectivity index (χ4n) is 1.63. The van der Waals surface area contributed by atoms with Crippen LogP contribution in [0.3, 0.4) is 0 Å². The van der Waals surface area contributed by atoms with Crippen LogP contribution in [0.25, 0.3) is 0 Å². The van der Waals surface area contributed by atoms with Crippen molar-refractivity contribution in [2.24, 2.45) is 7.05 Å². The highest BCUT2D eigenvalue weighted by Crippen LogP contribution is 2.33. The summed E-state index contributed by atoms with van der Waals surface area (Å²) in [5.41, 5.74) is 1.11. The lowest BCUT2D eigenvalue weighted by Gasteiger charge is -2.07. The lowest BCUT2D eigenvalue weighted by molar-refractivity contribution is 0.665. The van der Waals surface area contributed by atoms with Crippen molar-refractivity contribution in [2.75, 3.05) is 5.75 Å². The molecule has 0 aromatic carbocycles. The van der Waals surface area contributed by atoms with Crippen LogP contribution in [0.15, 0.2) is 14.8 Å². The molecule has 0 saturated heterocycles. The number of hydrogen-bond donors (Lipinski definition) is 0. The van der Waals surface area contributed by atoms with Crippen molar-refractivity contribution < 1.29 is 0 Å². The van der Waals surface area contributed by atoms with Crippen molar-refractivity contribution in [3.8, 4) is 0 Å². The number of aromatic nitrogens is 2. The van der Waals surface area contributed by atoms with Gasteiger partial charge in [-0.1, -0.05) is 25.6 Å². The van der Waals surface area contributed by atoms with Gasteiger partial charge < -0.3 is 0 Å². The topological polar surface area (TPSA) is 34.9 Å². The minimum atomic E-state index is 0.116.